The van der Waals surface area contributed by atoms with Crippen LogP contribution in [-0.2, 0) is 23.8 Å². The first-order valence-electron chi connectivity index (χ1n) is 16.8. The molecule has 4 heterocycles. The summed E-state index contributed by atoms with van der Waals surface area (Å²) in [6.45, 7) is 7.78. The van der Waals surface area contributed by atoms with E-state index in [0.717, 1.165) is 12.1 Å². The van der Waals surface area contributed by atoms with E-state index in [4.69, 9.17) is 23.4 Å². The van der Waals surface area contributed by atoms with Crippen molar-refractivity contribution in [1.29, 1.82) is 0 Å². The molecule has 4 aliphatic rings. The molecular weight excluding hydrogens is 688 g/mol. The Morgan fingerprint density at radius 3 is 2.40 bits per heavy atom. The number of pyridine rings is 1. The van der Waals surface area contributed by atoms with Gasteiger partial charge in [-0.2, -0.15) is 0 Å². The van der Waals surface area contributed by atoms with E-state index in [1.165, 1.54) is 32.2 Å². The molecule has 3 unspecified atom stereocenters. The molecule has 0 radical (unpaired) electrons. The molecule has 0 saturated heterocycles. The Bertz CT molecular complexity index is 2000. The van der Waals surface area contributed by atoms with Gasteiger partial charge in [0.05, 0.1) is 11.7 Å². The summed E-state index contributed by atoms with van der Waals surface area (Å²) in [4.78, 5) is 56.1. The number of esters is 3. The second kappa shape index (κ2) is 12.3. The van der Waals surface area contributed by atoms with Crippen LogP contribution in [0, 0.1) is 22.7 Å². The molecule has 2 aromatic heterocycles. The van der Waals surface area contributed by atoms with Crippen molar-refractivity contribution >= 4 is 17.9 Å². The van der Waals surface area contributed by atoms with E-state index >= 15 is 0 Å². The van der Waals surface area contributed by atoms with Crippen LogP contribution in [0.25, 0.3) is 11.3 Å². The minimum Gasteiger partial charge on any atom is -0.482 e. The molecule has 276 valence electrons. The maximum absolute atomic E-state index is 13.9. The van der Waals surface area contributed by atoms with Gasteiger partial charge in [-0.1, -0.05) is 13.8 Å². The van der Waals surface area contributed by atoms with Gasteiger partial charge in [0, 0.05) is 49.2 Å². The molecule has 8 atom stereocenters. The van der Waals surface area contributed by atoms with Crippen LogP contribution in [0.1, 0.15) is 75.9 Å². The Hall–Kier alpha value is -5.05. The number of halogens is 2. The molecule has 52 heavy (non-hydrogen) atoms. The van der Waals surface area contributed by atoms with Crippen molar-refractivity contribution in [1.82, 2.24) is 4.98 Å². The van der Waals surface area contributed by atoms with E-state index in [9.17, 15) is 33.1 Å². The van der Waals surface area contributed by atoms with Gasteiger partial charge in [-0.3, -0.25) is 14.6 Å². The average Bonchev–Trinajstić information content (AvgIpc) is 3.39. The Kier molecular flexibility index (Phi) is 8.35. The van der Waals surface area contributed by atoms with Crippen LogP contribution in [0.15, 0.2) is 58.0 Å². The van der Waals surface area contributed by atoms with E-state index < -0.39 is 76.4 Å². The fourth-order valence-electron chi connectivity index (χ4n) is 9.11. The number of alkyl halides is 2. The highest BCUT2D eigenvalue weighted by molar-refractivity contribution is 5.90. The summed E-state index contributed by atoms with van der Waals surface area (Å²) in [5.41, 5.74) is -4.10. The summed E-state index contributed by atoms with van der Waals surface area (Å²) in [7, 11) is 0. The number of aromatic nitrogens is 1. The molecule has 1 N–H and O–H groups in total. The second-order valence-corrected chi connectivity index (χ2v) is 14.6. The predicted molar refractivity (Wildman–Crippen MR) is 173 cm³/mol. The lowest BCUT2D eigenvalue weighted by Gasteiger charge is -2.66. The first-order chi connectivity index (χ1) is 24.4. The lowest BCUT2D eigenvalue weighted by atomic mass is 9.42. The fourth-order valence-corrected chi connectivity index (χ4v) is 9.11. The van der Waals surface area contributed by atoms with Crippen LogP contribution >= 0.6 is 0 Å². The predicted octanol–water partition coefficient (Wildman–Crippen LogP) is 5.37. The van der Waals surface area contributed by atoms with Crippen LogP contribution in [0.5, 0.6) is 17.2 Å². The number of rotatable bonds is 6. The fraction of sp³-hybridized carbons (Fsp3) is 0.486. The first-order valence-corrected chi connectivity index (χ1v) is 16.8. The summed E-state index contributed by atoms with van der Waals surface area (Å²) >= 11 is 0. The van der Waals surface area contributed by atoms with Gasteiger partial charge in [0.15, 0.2) is 11.5 Å². The van der Waals surface area contributed by atoms with Gasteiger partial charge in [0.1, 0.15) is 41.5 Å². The van der Waals surface area contributed by atoms with E-state index in [2.05, 4.69) is 14.5 Å². The number of hydrogen-bond donors (Lipinski definition) is 1. The Labute approximate surface area is 296 Å². The maximum Gasteiger partial charge on any atom is 0.586 e. The highest BCUT2D eigenvalue weighted by atomic mass is 19.3. The number of aliphatic hydroxyl groups is 1. The van der Waals surface area contributed by atoms with Crippen molar-refractivity contribution in [2.75, 3.05) is 6.61 Å². The minimum absolute atomic E-state index is 0.0195. The van der Waals surface area contributed by atoms with Crippen LogP contribution in [-0.4, -0.2) is 58.7 Å². The number of nitrogens with zero attached hydrogens (tertiary/aromatic N) is 1. The van der Waals surface area contributed by atoms with Gasteiger partial charge < -0.3 is 37.9 Å². The third-order valence-electron chi connectivity index (χ3n) is 11.3. The molecule has 0 spiro atoms. The maximum atomic E-state index is 13.9. The summed E-state index contributed by atoms with van der Waals surface area (Å²) in [6.07, 6.45) is -3.51. The molecule has 2 aliphatic heterocycles. The number of aliphatic hydroxyl groups excluding tert-OH is 1. The zero-order valence-corrected chi connectivity index (χ0v) is 29.0. The highest BCUT2D eigenvalue weighted by Gasteiger charge is 2.71. The number of ether oxygens (including phenoxy) is 6. The molecular formula is C37H37F2NO12. The summed E-state index contributed by atoms with van der Waals surface area (Å²) in [6, 6.07) is 8.31. The number of hydrogen-bond acceptors (Lipinski definition) is 13. The van der Waals surface area contributed by atoms with E-state index in [1.54, 1.807) is 25.3 Å². The van der Waals surface area contributed by atoms with Crippen LogP contribution in [0.3, 0.4) is 0 Å². The van der Waals surface area contributed by atoms with Crippen molar-refractivity contribution in [2.45, 2.75) is 84.1 Å². The Morgan fingerprint density at radius 2 is 1.71 bits per heavy atom. The average molecular weight is 726 g/mol. The van der Waals surface area contributed by atoms with Gasteiger partial charge in [-0.25, -0.2) is 9.59 Å². The molecule has 3 aromatic rings. The van der Waals surface area contributed by atoms with Crippen molar-refractivity contribution in [2.24, 2.45) is 22.7 Å². The monoisotopic (exact) mass is 725 g/mol. The van der Waals surface area contributed by atoms with Crippen LogP contribution in [0.2, 0.25) is 0 Å². The number of fused-ring (bicyclic) bond motifs is 5. The van der Waals surface area contributed by atoms with Gasteiger partial charge >= 0.3 is 29.8 Å². The summed E-state index contributed by atoms with van der Waals surface area (Å²) in [5, 5.41) is 12.3. The van der Waals surface area contributed by atoms with Crippen molar-refractivity contribution < 1.29 is 61.1 Å². The lowest BCUT2D eigenvalue weighted by molar-refractivity contribution is -0.286. The molecule has 15 heteroatoms. The van der Waals surface area contributed by atoms with Crippen molar-refractivity contribution in [3.63, 3.8) is 0 Å². The molecule has 2 fully saturated rings. The highest BCUT2D eigenvalue weighted by Crippen LogP contribution is 2.67. The molecule has 2 aliphatic carbocycles. The summed E-state index contributed by atoms with van der Waals surface area (Å²) in [5.74, 6) is -4.03. The van der Waals surface area contributed by atoms with Crippen LogP contribution in [0.4, 0.5) is 8.78 Å². The number of carbonyl (C=O) groups excluding carboxylic acids is 3. The van der Waals surface area contributed by atoms with Crippen LogP contribution < -0.4 is 19.8 Å². The SMILES string of the molecule is CC(=O)OCC1(C)C2C[C@H](OC(=O)c3ccc4c(c3)OC(F)(F)O4)[C@@]3(C)Oc4cc(-c5cccnc5)oc(=O)c4[C@H](O)C3[C@@]2(C)CC[C@@H]1OC(C)=O. The smallest absolute Gasteiger partial charge is 0.482 e. The van der Waals surface area contributed by atoms with E-state index in [0.29, 0.717) is 18.4 Å². The third kappa shape index (κ3) is 5.74. The molecule has 7 rings (SSSR count). The Balaban J connectivity index is 1.35. The standard InChI is InChI=1S/C37H37F2NO12/c1-18(41)46-17-35(4)26-15-28(49-32(44)20-8-9-22-24(13-20)52-37(38,39)51-22)36(5)31(34(26,3)11-10-27(35)47-19(2)42)30(43)29-25(50-36)14-23(48-33(29)45)21-7-6-12-40-16-21/h6-9,12-14,16,26-28,30-31,43H,10-11,15,17H2,1-5H3/t26?,27-,28-,30-,31?,34-,35?,36+/m0/s1. The van der Waals surface area contributed by atoms with E-state index in [-0.39, 0.29) is 47.2 Å². The number of carbonyl (C=O) groups is 3. The molecule has 0 amide bonds. The summed E-state index contributed by atoms with van der Waals surface area (Å²) < 4.78 is 66.6. The molecule has 1 aromatic carbocycles. The molecule has 0 bridgehead atoms. The third-order valence-corrected chi connectivity index (χ3v) is 11.3. The molecule has 13 nitrogen and oxygen atoms in total. The normalized spacial score (nSPS) is 32.3. The minimum atomic E-state index is -3.91. The van der Waals surface area contributed by atoms with Crippen molar-refractivity contribution in [3.8, 4) is 28.6 Å². The van der Waals surface area contributed by atoms with Gasteiger partial charge in [-0.05, 0) is 67.9 Å². The van der Waals surface area contributed by atoms with Gasteiger partial charge in [-0.15, -0.1) is 8.78 Å². The largest absolute Gasteiger partial charge is 0.586 e. The number of benzene rings is 1. The van der Waals surface area contributed by atoms with Gasteiger partial charge in [0.2, 0.25) is 0 Å². The quantitative estimate of drug-likeness (QED) is 0.254. The zero-order valence-electron chi connectivity index (χ0n) is 29.0. The lowest BCUT2D eigenvalue weighted by Crippen LogP contribution is -2.71. The Morgan fingerprint density at radius 1 is 0.962 bits per heavy atom. The van der Waals surface area contributed by atoms with Crippen molar-refractivity contribution in [3.05, 3.63) is 70.3 Å². The van der Waals surface area contributed by atoms with Gasteiger partial charge in [0.25, 0.3) is 0 Å². The zero-order chi connectivity index (χ0) is 37.4. The topological polar surface area (TPSA) is 170 Å². The first kappa shape index (κ1) is 35.4. The molecule has 2 saturated carbocycles. The van der Waals surface area contributed by atoms with E-state index in [1.807, 2.05) is 13.8 Å². The second-order valence-electron chi connectivity index (χ2n) is 14.6.